The second-order valence-corrected chi connectivity index (χ2v) is 14.9. The van der Waals surface area contributed by atoms with Crippen molar-refractivity contribution in [2.24, 2.45) is 0 Å². The van der Waals surface area contributed by atoms with E-state index >= 15 is 0 Å². The van der Waals surface area contributed by atoms with Crippen molar-refractivity contribution in [3.8, 4) is 44.8 Å². The minimum absolute atomic E-state index is 0.875. The van der Waals surface area contributed by atoms with E-state index in [4.69, 9.17) is 4.42 Å². The third-order valence-corrected chi connectivity index (χ3v) is 11.7. The Morgan fingerprint density at radius 1 is 0.298 bits per heavy atom. The van der Waals surface area contributed by atoms with Crippen LogP contribution in [0.1, 0.15) is 0 Å². The number of furan rings is 1. The van der Waals surface area contributed by atoms with Gasteiger partial charge in [-0.25, -0.2) is 0 Å². The number of aromatic nitrogens is 2. The highest BCUT2D eigenvalue weighted by molar-refractivity contribution is 6.15. The van der Waals surface area contributed by atoms with Gasteiger partial charge in [-0.2, -0.15) is 0 Å². The first-order valence-corrected chi connectivity index (χ1v) is 19.5. The molecule has 0 saturated heterocycles. The average molecular weight is 727 g/mol. The average Bonchev–Trinajstić information content (AvgIpc) is 3.94. The predicted molar refractivity (Wildman–Crippen MR) is 239 cm³/mol. The number of hydrogen-bond donors (Lipinski definition) is 0. The number of fused-ring (bicyclic) bond motifs is 9. The van der Waals surface area contributed by atoms with Crippen molar-refractivity contribution in [2.45, 2.75) is 0 Å². The van der Waals surface area contributed by atoms with E-state index in [0.29, 0.717) is 0 Å². The Kier molecular flexibility index (Phi) is 6.93. The largest absolute Gasteiger partial charge is 0.454 e. The van der Waals surface area contributed by atoms with Crippen molar-refractivity contribution >= 4 is 65.6 Å². The zero-order valence-electron chi connectivity index (χ0n) is 30.9. The first kappa shape index (κ1) is 31.7. The van der Waals surface area contributed by atoms with E-state index in [2.05, 4.69) is 215 Å². The lowest BCUT2D eigenvalue weighted by atomic mass is 9.93. The summed E-state index contributed by atoms with van der Waals surface area (Å²) < 4.78 is 11.6. The molecular weight excluding hydrogens is 693 g/mol. The van der Waals surface area contributed by atoms with Gasteiger partial charge >= 0.3 is 0 Å². The molecule has 0 aliphatic rings. The topological polar surface area (TPSA) is 23.0 Å². The highest BCUT2D eigenvalue weighted by Gasteiger charge is 2.21. The maximum absolute atomic E-state index is 6.83. The van der Waals surface area contributed by atoms with E-state index < -0.39 is 0 Å². The Hall–Kier alpha value is -7.62. The maximum Gasteiger partial charge on any atom is 0.159 e. The third kappa shape index (κ3) is 4.86. The van der Waals surface area contributed by atoms with Crippen molar-refractivity contribution in [1.29, 1.82) is 0 Å². The highest BCUT2D eigenvalue weighted by Crippen LogP contribution is 2.43. The van der Waals surface area contributed by atoms with Gasteiger partial charge in [-0.15, -0.1) is 0 Å². The minimum Gasteiger partial charge on any atom is -0.454 e. The fourth-order valence-electron chi connectivity index (χ4n) is 9.15. The highest BCUT2D eigenvalue weighted by atomic mass is 16.3. The van der Waals surface area contributed by atoms with Gasteiger partial charge in [0.1, 0.15) is 5.58 Å². The molecule has 0 atom stereocenters. The Balaban J connectivity index is 1.12. The monoisotopic (exact) mass is 726 g/mol. The summed E-state index contributed by atoms with van der Waals surface area (Å²) in [7, 11) is 0. The predicted octanol–water partition coefficient (Wildman–Crippen LogP) is 14.8. The van der Waals surface area contributed by atoms with E-state index in [-0.39, 0.29) is 0 Å². The molecule has 3 heteroatoms. The smallest absolute Gasteiger partial charge is 0.159 e. The Labute approximate surface area is 328 Å². The van der Waals surface area contributed by atoms with Crippen LogP contribution < -0.4 is 0 Å². The van der Waals surface area contributed by atoms with Gasteiger partial charge in [0, 0.05) is 38.0 Å². The van der Waals surface area contributed by atoms with Crippen molar-refractivity contribution < 1.29 is 4.42 Å². The van der Waals surface area contributed by atoms with Gasteiger partial charge in [-0.1, -0.05) is 146 Å². The summed E-state index contributed by atoms with van der Waals surface area (Å²) in [6.07, 6.45) is 0. The Morgan fingerprint density at radius 2 is 0.842 bits per heavy atom. The van der Waals surface area contributed by atoms with Crippen molar-refractivity contribution in [3.63, 3.8) is 0 Å². The molecule has 12 rings (SSSR count). The van der Waals surface area contributed by atoms with E-state index in [1.165, 1.54) is 54.8 Å². The quantitative estimate of drug-likeness (QED) is 0.173. The van der Waals surface area contributed by atoms with E-state index in [9.17, 15) is 0 Å². The molecule has 266 valence electrons. The minimum atomic E-state index is 0.875. The second-order valence-electron chi connectivity index (χ2n) is 14.9. The summed E-state index contributed by atoms with van der Waals surface area (Å²) in [4.78, 5) is 0. The molecule has 0 N–H and O–H groups in total. The lowest BCUT2D eigenvalue weighted by Gasteiger charge is -2.15. The lowest BCUT2D eigenvalue weighted by molar-refractivity contribution is 0.666. The summed E-state index contributed by atoms with van der Waals surface area (Å²) in [5.74, 6) is 0. The lowest BCUT2D eigenvalue weighted by Crippen LogP contribution is -1.96. The van der Waals surface area contributed by atoms with E-state index in [0.717, 1.165) is 55.5 Å². The molecule has 3 nitrogen and oxygen atoms in total. The van der Waals surface area contributed by atoms with Crippen LogP contribution in [0.15, 0.2) is 211 Å². The van der Waals surface area contributed by atoms with Crippen molar-refractivity contribution in [3.05, 3.63) is 206 Å². The summed E-state index contributed by atoms with van der Waals surface area (Å²) in [6, 6.07) is 74.4. The molecule has 3 heterocycles. The van der Waals surface area contributed by atoms with Crippen LogP contribution in [-0.2, 0) is 0 Å². The maximum atomic E-state index is 6.83. The molecule has 0 saturated carbocycles. The molecule has 12 aromatic rings. The Bertz CT molecular complexity index is 3510. The van der Waals surface area contributed by atoms with Crippen LogP contribution in [0, 0.1) is 0 Å². The SMILES string of the molecule is c1ccc(-c2ccccc2-c2cc(-n3c4ccccc4c4ccc(-c5ccc6c(c5)c5ccccc5n6-c5ccccc5)cc43)c3oc4ccccc4c3c2)cc1. The van der Waals surface area contributed by atoms with Crippen LogP contribution in [0.2, 0.25) is 0 Å². The molecule has 0 fully saturated rings. The van der Waals surface area contributed by atoms with Crippen LogP contribution >= 0.6 is 0 Å². The fraction of sp³-hybridized carbons (Fsp3) is 0. The number of para-hydroxylation sites is 4. The Morgan fingerprint density at radius 3 is 1.63 bits per heavy atom. The normalized spacial score (nSPS) is 11.9. The first-order chi connectivity index (χ1) is 28.3. The fourth-order valence-corrected chi connectivity index (χ4v) is 9.15. The van der Waals surface area contributed by atoms with Gasteiger partial charge in [0.2, 0.25) is 0 Å². The summed E-state index contributed by atoms with van der Waals surface area (Å²) in [5, 5.41) is 7.10. The summed E-state index contributed by atoms with van der Waals surface area (Å²) in [6.45, 7) is 0. The zero-order valence-corrected chi connectivity index (χ0v) is 30.9. The van der Waals surface area contributed by atoms with Crippen LogP contribution in [-0.4, -0.2) is 9.13 Å². The molecule has 9 aromatic carbocycles. The van der Waals surface area contributed by atoms with Crippen molar-refractivity contribution in [1.82, 2.24) is 9.13 Å². The molecule has 0 spiro atoms. The molecular formula is C54H34N2O. The number of nitrogens with zero attached hydrogens (tertiary/aromatic N) is 2. The van der Waals surface area contributed by atoms with Crippen LogP contribution in [0.4, 0.5) is 0 Å². The molecule has 3 aromatic heterocycles. The van der Waals surface area contributed by atoms with Gasteiger partial charge in [-0.05, 0) is 94.0 Å². The molecule has 0 radical (unpaired) electrons. The summed E-state index contributed by atoms with van der Waals surface area (Å²) in [5.41, 5.74) is 15.7. The number of benzene rings is 9. The third-order valence-electron chi connectivity index (χ3n) is 11.7. The molecule has 0 amide bonds. The van der Waals surface area contributed by atoms with Gasteiger partial charge in [0.05, 0.1) is 27.8 Å². The van der Waals surface area contributed by atoms with Gasteiger partial charge < -0.3 is 13.6 Å². The second kappa shape index (κ2) is 12.5. The molecule has 0 aliphatic heterocycles. The molecule has 0 bridgehead atoms. The first-order valence-electron chi connectivity index (χ1n) is 19.5. The van der Waals surface area contributed by atoms with Gasteiger partial charge in [0.25, 0.3) is 0 Å². The van der Waals surface area contributed by atoms with Crippen LogP contribution in [0.5, 0.6) is 0 Å². The van der Waals surface area contributed by atoms with Crippen LogP contribution in [0.3, 0.4) is 0 Å². The standard InChI is InChI=1S/C54H34N2O/c1-3-15-35(16-4-1)40-19-7-8-20-41(40)38-32-47-45-23-11-14-26-53(45)57-54(47)52(34-38)56-49-25-13-9-21-42(49)44-29-27-37(33-51(44)56)36-28-30-50-46(31-36)43-22-10-12-24-48(43)55(50)39-17-5-2-6-18-39/h1-34H. The van der Waals surface area contributed by atoms with Gasteiger partial charge in [-0.3, -0.25) is 0 Å². The number of hydrogen-bond acceptors (Lipinski definition) is 1. The van der Waals surface area contributed by atoms with Crippen molar-refractivity contribution in [2.75, 3.05) is 0 Å². The number of rotatable bonds is 5. The molecule has 0 aliphatic carbocycles. The summed E-state index contributed by atoms with van der Waals surface area (Å²) >= 11 is 0. The van der Waals surface area contributed by atoms with Crippen LogP contribution in [0.25, 0.3) is 110 Å². The van der Waals surface area contributed by atoms with Gasteiger partial charge in [0.15, 0.2) is 5.58 Å². The zero-order chi connectivity index (χ0) is 37.5. The van der Waals surface area contributed by atoms with E-state index in [1.54, 1.807) is 0 Å². The molecule has 57 heavy (non-hydrogen) atoms. The van der Waals surface area contributed by atoms with E-state index in [1.807, 2.05) is 0 Å². The molecule has 0 unspecified atom stereocenters.